The van der Waals surface area contributed by atoms with Crippen LogP contribution in [0.2, 0.25) is 0 Å². The van der Waals surface area contributed by atoms with Gasteiger partial charge in [0.05, 0.1) is 0 Å². The van der Waals surface area contributed by atoms with E-state index >= 15 is 0 Å². The molecular formula is C16H23N5O3S. The zero-order valence-electron chi connectivity index (χ0n) is 14.5. The fourth-order valence-electron chi connectivity index (χ4n) is 2.94. The summed E-state index contributed by atoms with van der Waals surface area (Å²) < 4.78 is 6.33. The third kappa shape index (κ3) is 4.16. The SMILES string of the molecule is COCCCNC(=O)C1CCN(c2nn3c(=O)cc(C)nc3s2)CC1. The highest BCUT2D eigenvalue weighted by Crippen LogP contribution is 2.26. The minimum absolute atomic E-state index is 0.0382. The maximum atomic E-state index is 12.2. The molecule has 0 saturated carbocycles. The molecule has 1 aliphatic heterocycles. The maximum absolute atomic E-state index is 12.2. The molecule has 1 N–H and O–H groups in total. The second kappa shape index (κ2) is 7.92. The van der Waals surface area contributed by atoms with E-state index in [1.54, 1.807) is 14.0 Å². The van der Waals surface area contributed by atoms with Gasteiger partial charge in [0.25, 0.3) is 5.56 Å². The molecule has 136 valence electrons. The van der Waals surface area contributed by atoms with Crippen molar-refractivity contribution in [2.24, 2.45) is 5.92 Å². The number of hydrogen-bond acceptors (Lipinski definition) is 7. The molecule has 0 aromatic carbocycles. The fraction of sp³-hybridized carbons (Fsp3) is 0.625. The van der Waals surface area contributed by atoms with Crippen LogP contribution >= 0.6 is 11.3 Å². The molecule has 2 aromatic heterocycles. The molecule has 3 rings (SSSR count). The van der Waals surface area contributed by atoms with Crippen LogP contribution in [0.1, 0.15) is 25.0 Å². The number of anilines is 1. The number of rotatable bonds is 6. The van der Waals surface area contributed by atoms with Crippen molar-refractivity contribution in [3.63, 3.8) is 0 Å². The number of piperidine rings is 1. The fourth-order valence-corrected chi connectivity index (χ4v) is 3.95. The molecule has 0 bridgehead atoms. The van der Waals surface area contributed by atoms with Gasteiger partial charge in [-0.15, -0.1) is 5.10 Å². The first-order chi connectivity index (χ1) is 12.1. The van der Waals surface area contributed by atoms with Crippen LogP contribution in [-0.2, 0) is 9.53 Å². The Kier molecular flexibility index (Phi) is 5.64. The van der Waals surface area contributed by atoms with Crippen LogP contribution in [-0.4, -0.2) is 53.9 Å². The molecule has 8 nitrogen and oxygen atoms in total. The molecular weight excluding hydrogens is 342 g/mol. The number of carbonyl (C=O) groups is 1. The van der Waals surface area contributed by atoms with E-state index in [-0.39, 0.29) is 17.4 Å². The second-order valence-electron chi connectivity index (χ2n) is 6.21. The number of nitrogens with zero attached hydrogens (tertiary/aromatic N) is 4. The second-order valence-corrected chi connectivity index (χ2v) is 7.15. The first-order valence-corrected chi connectivity index (χ1v) is 9.29. The van der Waals surface area contributed by atoms with E-state index in [1.807, 2.05) is 0 Å². The van der Waals surface area contributed by atoms with Crippen molar-refractivity contribution >= 4 is 27.3 Å². The summed E-state index contributed by atoms with van der Waals surface area (Å²) in [7, 11) is 1.66. The van der Waals surface area contributed by atoms with E-state index in [4.69, 9.17) is 4.74 Å². The van der Waals surface area contributed by atoms with E-state index in [2.05, 4.69) is 20.3 Å². The van der Waals surface area contributed by atoms with E-state index in [9.17, 15) is 9.59 Å². The summed E-state index contributed by atoms with van der Waals surface area (Å²) in [5, 5.41) is 8.15. The van der Waals surface area contributed by atoms with E-state index in [0.717, 1.165) is 37.5 Å². The summed E-state index contributed by atoms with van der Waals surface area (Å²) in [6, 6.07) is 1.48. The Morgan fingerprint density at radius 1 is 1.44 bits per heavy atom. The largest absolute Gasteiger partial charge is 0.385 e. The summed E-state index contributed by atoms with van der Waals surface area (Å²) in [5.41, 5.74) is 0.541. The molecule has 3 heterocycles. The third-order valence-corrected chi connectivity index (χ3v) is 5.29. The predicted molar refractivity (Wildman–Crippen MR) is 96.3 cm³/mol. The Labute approximate surface area is 149 Å². The standard InChI is InChI=1S/C16H23N5O3S/c1-11-10-13(22)21-15(18-11)25-16(19-21)20-7-4-12(5-8-20)14(23)17-6-3-9-24-2/h10,12H,3-9H2,1-2H3,(H,17,23). The first kappa shape index (κ1) is 17.8. The van der Waals surface area contributed by atoms with Crippen LogP contribution in [0.5, 0.6) is 0 Å². The molecule has 25 heavy (non-hydrogen) atoms. The van der Waals surface area contributed by atoms with Gasteiger partial charge in [0.1, 0.15) is 0 Å². The average Bonchev–Trinajstić information content (AvgIpc) is 3.03. The van der Waals surface area contributed by atoms with E-state index < -0.39 is 0 Å². The van der Waals surface area contributed by atoms with Crippen molar-refractivity contribution in [3.05, 3.63) is 22.1 Å². The number of methoxy groups -OCH3 is 1. The Balaban J connectivity index is 1.58. The van der Waals surface area contributed by atoms with E-state index in [1.165, 1.54) is 21.9 Å². The number of hydrogen-bond donors (Lipinski definition) is 1. The van der Waals surface area contributed by atoms with Crippen molar-refractivity contribution in [2.45, 2.75) is 26.2 Å². The van der Waals surface area contributed by atoms with Gasteiger partial charge in [-0.25, -0.2) is 4.98 Å². The van der Waals surface area contributed by atoms with Crippen LogP contribution in [0, 0.1) is 12.8 Å². The van der Waals surface area contributed by atoms with Gasteiger partial charge >= 0.3 is 0 Å². The van der Waals surface area contributed by atoms with Crippen LogP contribution < -0.4 is 15.8 Å². The minimum Gasteiger partial charge on any atom is -0.385 e. The van der Waals surface area contributed by atoms with E-state index in [0.29, 0.717) is 23.8 Å². The first-order valence-electron chi connectivity index (χ1n) is 8.47. The Hall–Kier alpha value is -2.00. The van der Waals surface area contributed by atoms with Crippen LogP contribution in [0.15, 0.2) is 10.9 Å². The van der Waals surface area contributed by atoms with Gasteiger partial charge in [0.2, 0.25) is 16.0 Å². The van der Waals surface area contributed by atoms with Gasteiger partial charge in [-0.2, -0.15) is 4.52 Å². The monoisotopic (exact) mass is 365 g/mol. The number of ether oxygens (including phenoxy) is 1. The Morgan fingerprint density at radius 3 is 2.92 bits per heavy atom. The minimum atomic E-state index is -0.157. The number of carbonyl (C=O) groups excluding carboxylic acids is 1. The molecule has 1 saturated heterocycles. The summed E-state index contributed by atoms with van der Waals surface area (Å²) in [6.45, 7) is 4.62. The van der Waals surface area contributed by atoms with Crippen LogP contribution in [0.3, 0.4) is 0 Å². The molecule has 0 unspecified atom stereocenters. The molecule has 0 atom stereocenters. The van der Waals surface area contributed by atoms with Crippen LogP contribution in [0.25, 0.3) is 4.96 Å². The molecule has 2 aromatic rings. The number of aryl methyl sites for hydroxylation is 1. The lowest BCUT2D eigenvalue weighted by molar-refractivity contribution is -0.125. The Morgan fingerprint density at radius 2 is 2.20 bits per heavy atom. The van der Waals surface area contributed by atoms with Gasteiger partial charge < -0.3 is 15.0 Å². The number of nitrogens with one attached hydrogen (secondary N) is 1. The Bertz CT molecular complexity index is 795. The van der Waals surface area contributed by atoms with Gasteiger partial charge in [0.15, 0.2) is 0 Å². The topological polar surface area (TPSA) is 88.8 Å². The number of aromatic nitrogens is 3. The summed E-state index contributed by atoms with van der Waals surface area (Å²) in [5.74, 6) is 0.157. The lowest BCUT2D eigenvalue weighted by Gasteiger charge is -2.30. The zero-order valence-corrected chi connectivity index (χ0v) is 15.3. The van der Waals surface area contributed by atoms with Gasteiger partial charge in [0, 0.05) is 51.0 Å². The highest BCUT2D eigenvalue weighted by atomic mass is 32.1. The van der Waals surface area contributed by atoms with Crippen molar-refractivity contribution in [1.82, 2.24) is 19.9 Å². The maximum Gasteiger partial charge on any atom is 0.275 e. The lowest BCUT2D eigenvalue weighted by atomic mass is 9.96. The van der Waals surface area contributed by atoms with Gasteiger partial charge in [-0.3, -0.25) is 9.59 Å². The highest BCUT2D eigenvalue weighted by Gasteiger charge is 2.26. The summed E-state index contributed by atoms with van der Waals surface area (Å²) in [4.78, 5) is 31.3. The quantitative estimate of drug-likeness (QED) is 0.763. The van der Waals surface area contributed by atoms with Crippen molar-refractivity contribution in [2.75, 3.05) is 38.3 Å². The summed E-state index contributed by atoms with van der Waals surface area (Å²) in [6.07, 6.45) is 2.40. The molecule has 0 aliphatic carbocycles. The van der Waals surface area contributed by atoms with Gasteiger partial charge in [-0.1, -0.05) is 11.3 Å². The number of amides is 1. The zero-order chi connectivity index (χ0) is 17.8. The predicted octanol–water partition coefficient (Wildman–Crippen LogP) is 0.829. The third-order valence-electron chi connectivity index (χ3n) is 4.32. The molecule has 9 heteroatoms. The van der Waals surface area contributed by atoms with Crippen molar-refractivity contribution in [1.29, 1.82) is 0 Å². The highest BCUT2D eigenvalue weighted by molar-refractivity contribution is 7.20. The average molecular weight is 365 g/mol. The van der Waals surface area contributed by atoms with Crippen molar-refractivity contribution < 1.29 is 9.53 Å². The van der Waals surface area contributed by atoms with Gasteiger partial charge in [-0.05, 0) is 26.2 Å². The summed E-state index contributed by atoms with van der Waals surface area (Å²) >= 11 is 1.41. The van der Waals surface area contributed by atoms with Crippen LogP contribution in [0.4, 0.5) is 5.13 Å². The molecule has 1 aliphatic rings. The molecule has 1 amide bonds. The normalized spacial score (nSPS) is 15.7. The smallest absolute Gasteiger partial charge is 0.275 e. The lowest BCUT2D eigenvalue weighted by Crippen LogP contribution is -2.41. The number of fused-ring (bicyclic) bond motifs is 1. The molecule has 1 fully saturated rings. The van der Waals surface area contributed by atoms with Crippen molar-refractivity contribution in [3.8, 4) is 0 Å². The molecule has 0 radical (unpaired) electrons. The molecule has 0 spiro atoms.